The molecule has 1 aromatic rings. The van der Waals surface area contributed by atoms with E-state index in [2.05, 4.69) is 10.1 Å². The predicted octanol–water partition coefficient (Wildman–Crippen LogP) is 1.29. The second-order valence-electron chi connectivity index (χ2n) is 2.84. The molecule has 0 unspecified atom stereocenters. The molecule has 4 nitrogen and oxygen atoms in total. The monoisotopic (exact) mass is 201 g/mol. The van der Waals surface area contributed by atoms with Crippen molar-refractivity contribution in [1.29, 1.82) is 0 Å². The Morgan fingerprint density at radius 1 is 1.57 bits per heavy atom. The van der Waals surface area contributed by atoms with Crippen molar-refractivity contribution in [3.63, 3.8) is 0 Å². The fraction of sp³-hybridized carbons (Fsp3) is 0.250. The average molecular weight is 201 g/mol. The van der Waals surface area contributed by atoms with Gasteiger partial charge in [-0.05, 0) is 6.07 Å². The molecule has 0 saturated carbocycles. The smallest absolute Gasteiger partial charge is 0.272 e. The van der Waals surface area contributed by atoms with Gasteiger partial charge in [-0.25, -0.2) is 8.78 Å². The zero-order valence-electron chi connectivity index (χ0n) is 7.41. The molecular weight excluding hydrogens is 192 g/mol. The summed E-state index contributed by atoms with van der Waals surface area (Å²) >= 11 is 0. The van der Waals surface area contributed by atoms with Gasteiger partial charge in [0.05, 0.1) is 0 Å². The number of rotatable bonds is 2. The number of amidine groups is 1. The maximum atomic E-state index is 12.8. The summed E-state index contributed by atoms with van der Waals surface area (Å²) in [5, 5.41) is 11.0. The Kier molecular flexibility index (Phi) is 2.64. The summed E-state index contributed by atoms with van der Waals surface area (Å²) < 4.78 is 25.6. The van der Waals surface area contributed by atoms with Gasteiger partial charge in [-0.15, -0.1) is 0 Å². The van der Waals surface area contributed by atoms with Gasteiger partial charge in [0, 0.05) is 30.4 Å². The molecule has 1 rings (SSSR count). The van der Waals surface area contributed by atoms with E-state index < -0.39 is 5.92 Å². The van der Waals surface area contributed by atoms with Crippen LogP contribution >= 0.6 is 0 Å². The minimum absolute atomic E-state index is 0.159. The van der Waals surface area contributed by atoms with Gasteiger partial charge in [0.15, 0.2) is 5.84 Å². The highest BCUT2D eigenvalue weighted by Crippen LogP contribution is 2.26. The molecule has 1 aromatic heterocycles. The first kappa shape index (κ1) is 10.4. The number of oxime groups is 1. The van der Waals surface area contributed by atoms with Crippen LogP contribution in [0.1, 0.15) is 18.1 Å². The molecule has 0 radical (unpaired) electrons. The molecule has 0 spiro atoms. The second kappa shape index (κ2) is 3.57. The molecule has 6 heteroatoms. The molecule has 0 saturated heterocycles. The van der Waals surface area contributed by atoms with Crippen molar-refractivity contribution in [2.75, 3.05) is 0 Å². The van der Waals surface area contributed by atoms with Crippen LogP contribution in [0, 0.1) is 0 Å². The summed E-state index contributed by atoms with van der Waals surface area (Å²) in [5.74, 6) is -3.23. The molecule has 0 aliphatic rings. The topological polar surface area (TPSA) is 71.5 Å². The normalized spacial score (nSPS) is 12.9. The molecule has 14 heavy (non-hydrogen) atoms. The number of nitrogens with two attached hydrogens (primary N) is 1. The van der Waals surface area contributed by atoms with Crippen LogP contribution in [-0.2, 0) is 5.92 Å². The zero-order valence-corrected chi connectivity index (χ0v) is 7.41. The van der Waals surface area contributed by atoms with Gasteiger partial charge in [-0.1, -0.05) is 5.16 Å². The zero-order chi connectivity index (χ0) is 10.8. The largest absolute Gasteiger partial charge is 0.409 e. The molecule has 76 valence electrons. The van der Waals surface area contributed by atoms with Crippen molar-refractivity contribution in [2.45, 2.75) is 12.8 Å². The average Bonchev–Trinajstić information content (AvgIpc) is 2.15. The number of alkyl halides is 2. The number of halogens is 2. The Labute approximate surface area is 79.1 Å². The molecule has 3 N–H and O–H groups in total. The summed E-state index contributed by atoms with van der Waals surface area (Å²) in [6.45, 7) is 0.750. The maximum absolute atomic E-state index is 12.8. The summed E-state index contributed by atoms with van der Waals surface area (Å²) in [5.41, 5.74) is 5.10. The first-order valence-corrected chi connectivity index (χ1v) is 3.76. The van der Waals surface area contributed by atoms with Crippen molar-refractivity contribution in [3.8, 4) is 0 Å². The van der Waals surface area contributed by atoms with Crippen LogP contribution in [0.15, 0.2) is 23.6 Å². The van der Waals surface area contributed by atoms with Crippen molar-refractivity contribution in [1.82, 2.24) is 4.98 Å². The van der Waals surface area contributed by atoms with Crippen LogP contribution < -0.4 is 5.73 Å². The Morgan fingerprint density at radius 3 is 2.71 bits per heavy atom. The van der Waals surface area contributed by atoms with Gasteiger partial charge in [0.25, 0.3) is 5.92 Å². The summed E-state index contributed by atoms with van der Waals surface area (Å²) in [6.07, 6.45) is 2.28. The SMILES string of the molecule is CC(F)(F)c1cncc(/C(N)=N/O)c1. The van der Waals surface area contributed by atoms with Gasteiger partial charge in [-0.3, -0.25) is 4.98 Å². The highest BCUT2D eigenvalue weighted by atomic mass is 19.3. The van der Waals surface area contributed by atoms with Crippen LogP contribution in [-0.4, -0.2) is 16.0 Å². The van der Waals surface area contributed by atoms with E-state index in [0.29, 0.717) is 0 Å². The Balaban J connectivity index is 3.14. The van der Waals surface area contributed by atoms with E-state index in [9.17, 15) is 8.78 Å². The minimum atomic E-state index is -2.99. The fourth-order valence-corrected chi connectivity index (χ4v) is 0.878. The lowest BCUT2D eigenvalue weighted by molar-refractivity contribution is 0.0171. The predicted molar refractivity (Wildman–Crippen MR) is 46.3 cm³/mol. The molecule has 1 heterocycles. The van der Waals surface area contributed by atoms with Gasteiger partial charge in [0.2, 0.25) is 0 Å². The van der Waals surface area contributed by atoms with Crippen molar-refractivity contribution in [2.24, 2.45) is 10.9 Å². The molecule has 0 fully saturated rings. The summed E-state index contributed by atoms with van der Waals surface area (Å²) in [7, 11) is 0. The molecule has 0 aliphatic carbocycles. The Hall–Kier alpha value is -1.72. The lowest BCUT2D eigenvalue weighted by Crippen LogP contribution is -2.16. The number of pyridine rings is 1. The number of aromatic nitrogens is 1. The van der Waals surface area contributed by atoms with Crippen molar-refractivity contribution < 1.29 is 14.0 Å². The van der Waals surface area contributed by atoms with Crippen LogP contribution in [0.25, 0.3) is 0 Å². The molecule has 0 atom stereocenters. The third kappa shape index (κ3) is 2.15. The first-order chi connectivity index (χ1) is 6.45. The van der Waals surface area contributed by atoms with Crippen LogP contribution in [0.2, 0.25) is 0 Å². The third-order valence-corrected chi connectivity index (χ3v) is 1.65. The van der Waals surface area contributed by atoms with E-state index in [4.69, 9.17) is 10.9 Å². The van der Waals surface area contributed by atoms with Crippen LogP contribution in [0.3, 0.4) is 0 Å². The lowest BCUT2D eigenvalue weighted by Gasteiger charge is -2.10. The molecule has 0 bridgehead atoms. The molecule has 0 amide bonds. The van der Waals surface area contributed by atoms with E-state index in [1.54, 1.807) is 0 Å². The maximum Gasteiger partial charge on any atom is 0.272 e. The van der Waals surface area contributed by atoms with Gasteiger partial charge < -0.3 is 10.9 Å². The van der Waals surface area contributed by atoms with E-state index >= 15 is 0 Å². The highest BCUT2D eigenvalue weighted by Gasteiger charge is 2.25. The van der Waals surface area contributed by atoms with Crippen molar-refractivity contribution in [3.05, 3.63) is 29.6 Å². The van der Waals surface area contributed by atoms with E-state index in [1.807, 2.05) is 0 Å². The number of nitrogens with zero attached hydrogens (tertiary/aromatic N) is 2. The molecule has 0 aliphatic heterocycles. The van der Waals surface area contributed by atoms with E-state index in [-0.39, 0.29) is 17.0 Å². The Morgan fingerprint density at radius 2 is 2.21 bits per heavy atom. The standard InChI is InChI=1S/C8H9F2N3O/c1-8(9,10)6-2-5(3-12-4-6)7(11)13-14/h2-4,14H,1H3,(H2,11,13). The quantitative estimate of drug-likeness (QED) is 0.328. The highest BCUT2D eigenvalue weighted by molar-refractivity contribution is 5.96. The lowest BCUT2D eigenvalue weighted by atomic mass is 10.1. The van der Waals surface area contributed by atoms with E-state index in [0.717, 1.165) is 19.2 Å². The fourth-order valence-electron chi connectivity index (χ4n) is 0.878. The first-order valence-electron chi connectivity index (χ1n) is 3.76. The number of hydrogen-bond donors (Lipinski definition) is 2. The van der Waals surface area contributed by atoms with Crippen LogP contribution in [0.4, 0.5) is 8.78 Å². The third-order valence-electron chi connectivity index (χ3n) is 1.65. The van der Waals surface area contributed by atoms with Crippen molar-refractivity contribution >= 4 is 5.84 Å². The van der Waals surface area contributed by atoms with Crippen LogP contribution in [0.5, 0.6) is 0 Å². The van der Waals surface area contributed by atoms with E-state index in [1.165, 1.54) is 6.20 Å². The van der Waals surface area contributed by atoms with Gasteiger partial charge in [-0.2, -0.15) is 0 Å². The summed E-state index contributed by atoms with van der Waals surface area (Å²) in [4.78, 5) is 3.57. The molecule has 0 aromatic carbocycles. The van der Waals surface area contributed by atoms with Gasteiger partial charge >= 0.3 is 0 Å². The second-order valence-corrected chi connectivity index (χ2v) is 2.84. The Bertz CT molecular complexity index is 360. The van der Waals surface area contributed by atoms with Gasteiger partial charge in [0.1, 0.15) is 0 Å². The number of hydrogen-bond acceptors (Lipinski definition) is 3. The summed E-state index contributed by atoms with van der Waals surface area (Å²) in [6, 6.07) is 1.13. The molecular formula is C8H9F2N3O. The minimum Gasteiger partial charge on any atom is -0.409 e.